The summed E-state index contributed by atoms with van der Waals surface area (Å²) in [7, 11) is 4.05. The summed E-state index contributed by atoms with van der Waals surface area (Å²) in [6.07, 6.45) is 8.36. The molecule has 0 radical (unpaired) electrons. The van der Waals surface area contributed by atoms with E-state index in [2.05, 4.69) is 95.6 Å². The minimum absolute atomic E-state index is 0.292. The van der Waals surface area contributed by atoms with Crippen LogP contribution in [-0.4, -0.2) is 37.5 Å². The van der Waals surface area contributed by atoms with Gasteiger partial charge in [0, 0.05) is 26.5 Å². The molecule has 50 heavy (non-hydrogen) atoms. The van der Waals surface area contributed by atoms with E-state index in [4.69, 9.17) is 23.4 Å². The third kappa shape index (κ3) is 6.21. The number of hydrogen-bond acceptors (Lipinski definition) is 8. The average molecular weight is 683 g/mol. The molecule has 252 valence electrons. The first-order valence-electron chi connectivity index (χ1n) is 16.6. The average Bonchev–Trinajstić information content (AvgIpc) is 4.04. The third-order valence-corrected chi connectivity index (χ3v) is 9.96. The molecule has 6 aromatic rings. The molecule has 8 rings (SSSR count). The molecule has 2 aliphatic carbocycles. The molecule has 0 spiro atoms. The molecule has 4 aromatic heterocycles. The zero-order chi connectivity index (χ0) is 35.8. The van der Waals surface area contributed by atoms with E-state index < -0.39 is 11.6 Å². The summed E-state index contributed by atoms with van der Waals surface area (Å²) in [5, 5.41) is 18.8. The number of rotatable bonds is 5. The van der Waals surface area contributed by atoms with E-state index in [0.29, 0.717) is 0 Å². The van der Waals surface area contributed by atoms with Crippen LogP contribution in [0.15, 0.2) is 60.9 Å². The van der Waals surface area contributed by atoms with E-state index in [1.165, 1.54) is 11.1 Å². The summed E-state index contributed by atoms with van der Waals surface area (Å²) in [5.41, 5.74) is 12.1. The van der Waals surface area contributed by atoms with Crippen molar-refractivity contribution in [2.24, 2.45) is 14.1 Å². The van der Waals surface area contributed by atoms with Crippen LogP contribution in [0, 0.1) is 43.4 Å². The summed E-state index contributed by atoms with van der Waals surface area (Å²) < 4.78 is 20.8. The molecule has 0 atom stereocenters. The molecular weight excluding hydrogens is 645 g/mol. The summed E-state index contributed by atoms with van der Waals surface area (Å²) in [4.78, 5) is 18.9. The Morgan fingerprint density at radius 2 is 1.16 bits per heavy atom. The summed E-state index contributed by atoms with van der Waals surface area (Å²) >= 11 is -0.750. The maximum absolute atomic E-state index is 9.43. The van der Waals surface area contributed by atoms with Crippen LogP contribution in [0.2, 0.25) is 0 Å². The zero-order valence-corrected chi connectivity index (χ0v) is 29.9. The van der Waals surface area contributed by atoms with Crippen molar-refractivity contribution in [2.45, 2.75) is 70.6 Å². The lowest BCUT2D eigenvalue weighted by Gasteiger charge is -2.12. The summed E-state index contributed by atoms with van der Waals surface area (Å²) in [6.45, 7) is 8.32. The van der Waals surface area contributed by atoms with Crippen LogP contribution in [0.5, 0.6) is 0 Å². The van der Waals surface area contributed by atoms with Crippen molar-refractivity contribution in [3.63, 3.8) is 0 Å². The molecule has 2 aromatic carbocycles. The number of nitrogens with zero attached hydrogens (tertiary/aromatic N) is 8. The largest absolute Gasteiger partial charge is 0.335 e. The number of aromatic nitrogens is 6. The topological polar surface area (TPSA) is 143 Å². The second-order valence-corrected chi connectivity index (χ2v) is 13.5. The van der Waals surface area contributed by atoms with E-state index in [-0.39, 0.29) is 10.8 Å². The molecule has 0 bridgehead atoms. The Morgan fingerprint density at radius 3 is 1.58 bits per heavy atom. The fourth-order valence-corrected chi connectivity index (χ4v) is 6.54. The SMILES string of the molecule is CCc1cc(C2(C#N)CC2)cnc1-c1nc2cc(C)ccc2n1C.Cc1ccc2c(c1)nc(-c1ncc(C3(C#N)CC3)cc1C)n2C.O=S=O. The van der Waals surface area contributed by atoms with Crippen molar-refractivity contribution in [3.05, 3.63) is 94.3 Å². The molecule has 0 aliphatic heterocycles. The van der Waals surface area contributed by atoms with Crippen LogP contribution in [0.3, 0.4) is 0 Å². The molecule has 4 heterocycles. The number of benzene rings is 2. The number of hydrogen-bond donors (Lipinski definition) is 0. The first kappa shape index (κ1) is 34.3. The Morgan fingerprint density at radius 1 is 0.720 bits per heavy atom. The van der Waals surface area contributed by atoms with Crippen molar-refractivity contribution >= 4 is 33.6 Å². The highest BCUT2D eigenvalue weighted by atomic mass is 32.1. The van der Waals surface area contributed by atoms with Gasteiger partial charge in [-0.3, -0.25) is 9.97 Å². The predicted molar refractivity (Wildman–Crippen MR) is 193 cm³/mol. The van der Waals surface area contributed by atoms with Gasteiger partial charge in [-0.05, 0) is 111 Å². The van der Waals surface area contributed by atoms with Crippen molar-refractivity contribution < 1.29 is 8.42 Å². The lowest BCUT2D eigenvalue weighted by Crippen LogP contribution is -2.07. The second kappa shape index (κ2) is 13.4. The number of pyridine rings is 2. The second-order valence-electron chi connectivity index (χ2n) is 13.4. The van der Waals surface area contributed by atoms with Crippen LogP contribution in [0.25, 0.3) is 45.1 Å². The van der Waals surface area contributed by atoms with E-state index in [0.717, 1.165) is 99.5 Å². The van der Waals surface area contributed by atoms with Gasteiger partial charge in [-0.15, -0.1) is 0 Å². The minimum atomic E-state index is -0.750. The summed E-state index contributed by atoms with van der Waals surface area (Å²) in [6, 6.07) is 21.8. The number of aryl methyl sites for hydroxylation is 6. The zero-order valence-electron chi connectivity index (χ0n) is 29.1. The van der Waals surface area contributed by atoms with Crippen LogP contribution in [-0.2, 0) is 42.9 Å². The van der Waals surface area contributed by atoms with E-state index in [1.54, 1.807) is 0 Å². The maximum atomic E-state index is 9.43. The molecule has 2 fully saturated rings. The Kier molecular flexibility index (Phi) is 9.21. The van der Waals surface area contributed by atoms with E-state index in [1.807, 2.05) is 33.4 Å². The van der Waals surface area contributed by atoms with Gasteiger partial charge < -0.3 is 9.13 Å². The highest BCUT2D eigenvalue weighted by Crippen LogP contribution is 2.48. The highest BCUT2D eigenvalue weighted by molar-refractivity contribution is 7.51. The molecule has 10 nitrogen and oxygen atoms in total. The number of nitriles is 2. The van der Waals surface area contributed by atoms with Gasteiger partial charge in [0.1, 0.15) is 11.4 Å². The molecule has 2 saturated carbocycles. The quantitative estimate of drug-likeness (QED) is 0.186. The Bertz CT molecular complexity index is 2400. The fraction of sp³-hybridized carbons (Fsp3) is 0.333. The Balaban J connectivity index is 0.000000161. The van der Waals surface area contributed by atoms with Gasteiger partial charge >= 0.3 is 11.6 Å². The molecule has 0 unspecified atom stereocenters. The smallest absolute Gasteiger partial charge is 0.326 e. The van der Waals surface area contributed by atoms with Crippen molar-refractivity contribution in [2.75, 3.05) is 0 Å². The molecule has 0 amide bonds. The minimum Gasteiger partial charge on any atom is -0.326 e. The maximum Gasteiger partial charge on any atom is 0.335 e. The van der Waals surface area contributed by atoms with Gasteiger partial charge in [0.15, 0.2) is 11.6 Å². The van der Waals surface area contributed by atoms with Crippen LogP contribution in [0.4, 0.5) is 0 Å². The Hall–Kier alpha value is -5.52. The normalized spacial score (nSPS) is 14.8. The number of imidazole rings is 2. The Labute approximate surface area is 295 Å². The van der Waals surface area contributed by atoms with Crippen LogP contribution in [0.1, 0.15) is 66.0 Å². The predicted octanol–water partition coefficient (Wildman–Crippen LogP) is 7.20. The third-order valence-electron chi connectivity index (χ3n) is 9.96. The number of fused-ring (bicyclic) bond motifs is 2. The first-order chi connectivity index (χ1) is 24.0. The summed E-state index contributed by atoms with van der Waals surface area (Å²) in [5.74, 6) is 1.76. The van der Waals surface area contributed by atoms with Crippen molar-refractivity contribution in [1.82, 2.24) is 29.1 Å². The first-order valence-corrected chi connectivity index (χ1v) is 17.3. The van der Waals surface area contributed by atoms with Crippen LogP contribution >= 0.6 is 0 Å². The van der Waals surface area contributed by atoms with Gasteiger partial charge in [0.2, 0.25) is 0 Å². The van der Waals surface area contributed by atoms with Gasteiger partial charge in [-0.1, -0.05) is 31.2 Å². The lowest BCUT2D eigenvalue weighted by atomic mass is 9.96. The monoisotopic (exact) mass is 682 g/mol. The fourth-order valence-electron chi connectivity index (χ4n) is 6.54. The molecule has 2 aliphatic rings. The van der Waals surface area contributed by atoms with Crippen LogP contribution < -0.4 is 0 Å². The highest BCUT2D eigenvalue weighted by Gasteiger charge is 2.46. The van der Waals surface area contributed by atoms with Gasteiger partial charge in [0.25, 0.3) is 0 Å². The lowest BCUT2D eigenvalue weighted by molar-refractivity contribution is 0.630. The molecule has 11 heteroatoms. The van der Waals surface area contributed by atoms with Gasteiger partial charge in [-0.25, -0.2) is 9.97 Å². The van der Waals surface area contributed by atoms with Crippen molar-refractivity contribution in [3.8, 4) is 35.2 Å². The van der Waals surface area contributed by atoms with Crippen molar-refractivity contribution in [1.29, 1.82) is 10.5 Å². The molecule has 0 saturated heterocycles. The van der Waals surface area contributed by atoms with E-state index in [9.17, 15) is 10.5 Å². The van der Waals surface area contributed by atoms with Gasteiger partial charge in [0.05, 0.1) is 45.0 Å². The van der Waals surface area contributed by atoms with Gasteiger partial charge in [-0.2, -0.15) is 18.9 Å². The molecular formula is C39H38N8O2S. The van der Waals surface area contributed by atoms with E-state index >= 15 is 0 Å². The molecule has 0 N–H and O–H groups in total. The standard InChI is InChI=1S/C20H20N4.C19H18N4.O2S/c1-4-14-10-15(20(12-21)7-8-20)11-22-18(14)19-23-16-9-13(2)5-6-17(16)24(19)3;1-12-4-5-16-15(8-12)22-18(23(16)3)17-13(2)9-14(10-21-17)19(11-20)6-7-19;1-3-2/h5-6,9-11H,4,7-8H2,1-3H3;4-5,8-10H,6-7H2,1-3H3;.